The lowest BCUT2D eigenvalue weighted by molar-refractivity contribution is 0.0956. The number of hydrazone groups is 1. The summed E-state index contributed by atoms with van der Waals surface area (Å²) in [7, 11) is 0. The highest BCUT2D eigenvalue weighted by Gasteiger charge is 2.06. The Kier molecular flexibility index (Phi) is 6.83. The van der Waals surface area contributed by atoms with Gasteiger partial charge in [-0.15, -0.1) is 0 Å². The highest BCUT2D eigenvalue weighted by molar-refractivity contribution is 5.99. The third-order valence-electron chi connectivity index (χ3n) is 3.46. The number of hydrogen-bond acceptors (Lipinski definition) is 4. The van der Waals surface area contributed by atoms with Crippen molar-refractivity contribution in [3.63, 3.8) is 0 Å². The zero-order chi connectivity index (χ0) is 17.2. The summed E-state index contributed by atoms with van der Waals surface area (Å²) in [5.74, 6) is 0.463. The van der Waals surface area contributed by atoms with Crippen molar-refractivity contribution in [1.82, 2.24) is 5.43 Å². The van der Waals surface area contributed by atoms with E-state index in [1.54, 1.807) is 30.5 Å². The van der Waals surface area contributed by atoms with E-state index in [0.29, 0.717) is 17.9 Å². The summed E-state index contributed by atoms with van der Waals surface area (Å²) in [6.45, 7) is 2.87. The molecule has 0 unspecified atom stereocenters. The second kappa shape index (κ2) is 9.35. The van der Waals surface area contributed by atoms with Crippen LogP contribution in [0.2, 0.25) is 0 Å². The van der Waals surface area contributed by atoms with Crippen LogP contribution in [-0.2, 0) is 0 Å². The van der Waals surface area contributed by atoms with Gasteiger partial charge in [-0.1, -0.05) is 44.0 Å². The standard InChI is InChI=1S/C19H23N3O2/c1-2-3-6-12-24-16-9-7-8-15(13-16)14-21-22-19(23)17-10-4-5-11-18(17)20/h4-5,7-11,13-14H,2-3,6,12,20H2,1H3,(H,22,23)/b21-14+. The molecule has 0 aliphatic heterocycles. The average molecular weight is 325 g/mol. The lowest BCUT2D eigenvalue weighted by Gasteiger charge is -2.06. The number of para-hydroxylation sites is 1. The molecular weight excluding hydrogens is 302 g/mol. The van der Waals surface area contributed by atoms with Gasteiger partial charge in [-0.05, 0) is 36.2 Å². The van der Waals surface area contributed by atoms with Gasteiger partial charge in [-0.25, -0.2) is 5.43 Å². The molecule has 0 aromatic heterocycles. The molecule has 5 heteroatoms. The number of amides is 1. The van der Waals surface area contributed by atoms with Crippen molar-refractivity contribution in [2.24, 2.45) is 5.10 Å². The first-order chi connectivity index (χ1) is 11.7. The highest BCUT2D eigenvalue weighted by atomic mass is 16.5. The quantitative estimate of drug-likeness (QED) is 0.337. The maximum Gasteiger partial charge on any atom is 0.273 e. The van der Waals surface area contributed by atoms with Gasteiger partial charge in [-0.3, -0.25) is 4.79 Å². The predicted octanol–water partition coefficient (Wildman–Crippen LogP) is 3.60. The molecule has 1 amide bonds. The van der Waals surface area contributed by atoms with Crippen LogP contribution >= 0.6 is 0 Å². The van der Waals surface area contributed by atoms with Crippen molar-refractivity contribution >= 4 is 17.8 Å². The SMILES string of the molecule is CCCCCOc1cccc(/C=N/NC(=O)c2ccccc2N)c1. The Morgan fingerprint density at radius 2 is 2.04 bits per heavy atom. The zero-order valence-electron chi connectivity index (χ0n) is 13.9. The number of hydrogen-bond donors (Lipinski definition) is 2. The second-order valence-corrected chi connectivity index (χ2v) is 5.41. The van der Waals surface area contributed by atoms with Crippen LogP contribution in [0.25, 0.3) is 0 Å². The van der Waals surface area contributed by atoms with Crippen molar-refractivity contribution in [2.45, 2.75) is 26.2 Å². The molecule has 2 rings (SSSR count). The van der Waals surface area contributed by atoms with Gasteiger partial charge in [0.1, 0.15) is 5.75 Å². The number of ether oxygens (including phenoxy) is 1. The van der Waals surface area contributed by atoms with Crippen LogP contribution in [0.3, 0.4) is 0 Å². The highest BCUT2D eigenvalue weighted by Crippen LogP contribution is 2.13. The molecule has 0 bridgehead atoms. The zero-order valence-corrected chi connectivity index (χ0v) is 13.9. The van der Waals surface area contributed by atoms with Crippen molar-refractivity contribution in [2.75, 3.05) is 12.3 Å². The van der Waals surface area contributed by atoms with Crippen LogP contribution in [0.15, 0.2) is 53.6 Å². The normalized spacial score (nSPS) is 10.7. The van der Waals surface area contributed by atoms with Crippen molar-refractivity contribution in [1.29, 1.82) is 0 Å². The molecule has 0 saturated carbocycles. The summed E-state index contributed by atoms with van der Waals surface area (Å²) in [5.41, 5.74) is 9.92. The number of nitrogen functional groups attached to an aromatic ring is 1. The van der Waals surface area contributed by atoms with E-state index >= 15 is 0 Å². The molecule has 0 aliphatic carbocycles. The number of nitrogens with two attached hydrogens (primary N) is 1. The second-order valence-electron chi connectivity index (χ2n) is 5.41. The van der Waals surface area contributed by atoms with Gasteiger partial charge >= 0.3 is 0 Å². The Balaban J connectivity index is 1.90. The van der Waals surface area contributed by atoms with E-state index in [4.69, 9.17) is 10.5 Å². The van der Waals surface area contributed by atoms with Gasteiger partial charge in [0.05, 0.1) is 18.4 Å². The Morgan fingerprint density at radius 1 is 1.21 bits per heavy atom. The number of anilines is 1. The monoisotopic (exact) mass is 325 g/mol. The van der Waals surface area contributed by atoms with E-state index in [1.165, 1.54) is 6.42 Å². The molecule has 24 heavy (non-hydrogen) atoms. The minimum atomic E-state index is -0.337. The number of rotatable bonds is 8. The summed E-state index contributed by atoms with van der Waals surface area (Å²) in [6.07, 6.45) is 4.96. The molecule has 5 nitrogen and oxygen atoms in total. The first-order valence-corrected chi connectivity index (χ1v) is 8.11. The van der Waals surface area contributed by atoms with Crippen LogP contribution in [-0.4, -0.2) is 18.7 Å². The van der Waals surface area contributed by atoms with Crippen LogP contribution in [0.4, 0.5) is 5.69 Å². The topological polar surface area (TPSA) is 76.7 Å². The molecule has 3 N–H and O–H groups in total. The van der Waals surface area contributed by atoms with Crippen molar-refractivity contribution in [3.05, 3.63) is 59.7 Å². The third-order valence-corrected chi connectivity index (χ3v) is 3.46. The molecule has 126 valence electrons. The van der Waals surface area contributed by atoms with Crippen LogP contribution in [0, 0.1) is 0 Å². The summed E-state index contributed by atoms with van der Waals surface area (Å²) in [6, 6.07) is 14.5. The van der Waals surface area contributed by atoms with Crippen LogP contribution in [0.1, 0.15) is 42.1 Å². The Bertz CT molecular complexity index is 699. The molecule has 2 aromatic rings. The van der Waals surface area contributed by atoms with E-state index in [1.807, 2.05) is 24.3 Å². The van der Waals surface area contributed by atoms with Crippen LogP contribution in [0.5, 0.6) is 5.75 Å². The molecule has 0 fully saturated rings. The first kappa shape index (κ1) is 17.5. The summed E-state index contributed by atoms with van der Waals surface area (Å²) in [4.78, 5) is 12.0. The summed E-state index contributed by atoms with van der Waals surface area (Å²) >= 11 is 0. The number of carbonyl (C=O) groups is 1. The Labute approximate surface area is 142 Å². The summed E-state index contributed by atoms with van der Waals surface area (Å²) in [5, 5.41) is 3.97. The fourth-order valence-electron chi connectivity index (χ4n) is 2.16. The number of benzene rings is 2. The molecule has 0 atom stereocenters. The van der Waals surface area contributed by atoms with Gasteiger partial charge in [0.25, 0.3) is 5.91 Å². The smallest absolute Gasteiger partial charge is 0.273 e. The lowest BCUT2D eigenvalue weighted by atomic mass is 10.2. The number of nitrogens with zero attached hydrogens (tertiary/aromatic N) is 1. The summed E-state index contributed by atoms with van der Waals surface area (Å²) < 4.78 is 5.70. The number of nitrogens with one attached hydrogen (secondary N) is 1. The molecule has 0 aliphatic rings. The number of unbranched alkanes of at least 4 members (excludes halogenated alkanes) is 2. The largest absolute Gasteiger partial charge is 0.494 e. The lowest BCUT2D eigenvalue weighted by Crippen LogP contribution is -2.18. The Morgan fingerprint density at radius 3 is 2.83 bits per heavy atom. The average Bonchev–Trinajstić information content (AvgIpc) is 2.59. The van der Waals surface area contributed by atoms with E-state index in [2.05, 4.69) is 17.5 Å². The van der Waals surface area contributed by atoms with E-state index in [0.717, 1.165) is 24.2 Å². The molecule has 0 spiro atoms. The minimum absolute atomic E-state index is 0.337. The van der Waals surface area contributed by atoms with Crippen molar-refractivity contribution in [3.8, 4) is 5.75 Å². The molecule has 0 saturated heterocycles. The van der Waals surface area contributed by atoms with Gasteiger partial charge in [0, 0.05) is 5.69 Å². The van der Waals surface area contributed by atoms with E-state index in [-0.39, 0.29) is 5.91 Å². The minimum Gasteiger partial charge on any atom is -0.494 e. The Hall–Kier alpha value is -2.82. The van der Waals surface area contributed by atoms with Gasteiger partial charge in [0.15, 0.2) is 0 Å². The predicted molar refractivity (Wildman–Crippen MR) is 97.4 cm³/mol. The van der Waals surface area contributed by atoms with Gasteiger partial charge in [-0.2, -0.15) is 5.10 Å². The van der Waals surface area contributed by atoms with Crippen LogP contribution < -0.4 is 15.9 Å². The fourth-order valence-corrected chi connectivity index (χ4v) is 2.16. The maximum atomic E-state index is 12.0. The molecule has 0 heterocycles. The van der Waals surface area contributed by atoms with Crippen molar-refractivity contribution < 1.29 is 9.53 Å². The molecule has 2 aromatic carbocycles. The van der Waals surface area contributed by atoms with E-state index in [9.17, 15) is 4.79 Å². The maximum absolute atomic E-state index is 12.0. The van der Waals surface area contributed by atoms with E-state index < -0.39 is 0 Å². The fraction of sp³-hybridized carbons (Fsp3) is 0.263. The number of carbonyl (C=O) groups excluding carboxylic acids is 1. The third kappa shape index (κ3) is 5.43. The van der Waals surface area contributed by atoms with Gasteiger partial charge in [0.2, 0.25) is 0 Å². The molecule has 0 radical (unpaired) electrons. The van der Waals surface area contributed by atoms with Gasteiger partial charge < -0.3 is 10.5 Å². The first-order valence-electron chi connectivity index (χ1n) is 8.11. The molecular formula is C19H23N3O2.